The van der Waals surface area contributed by atoms with Crippen LogP contribution >= 0.6 is 0 Å². The molecule has 6 heteroatoms. The fourth-order valence-electron chi connectivity index (χ4n) is 3.53. The van der Waals surface area contributed by atoms with Gasteiger partial charge in [-0.15, -0.1) is 0 Å². The average Bonchev–Trinajstić information content (AvgIpc) is 3.33. The van der Waals surface area contributed by atoms with Crippen LogP contribution < -0.4 is 4.74 Å². The molecular formula is C21H19N3O3. The van der Waals surface area contributed by atoms with Crippen LogP contribution in [0.15, 0.2) is 40.9 Å². The molecule has 0 fully saturated rings. The van der Waals surface area contributed by atoms with Crippen molar-refractivity contribution in [2.24, 2.45) is 0 Å². The number of aromatic amines is 1. The number of aromatic nitrogens is 2. The Morgan fingerprint density at radius 1 is 1.22 bits per heavy atom. The van der Waals surface area contributed by atoms with E-state index in [4.69, 9.17) is 19.2 Å². The second kappa shape index (κ2) is 6.15. The van der Waals surface area contributed by atoms with Crippen molar-refractivity contribution in [3.63, 3.8) is 0 Å². The number of rotatable bonds is 4. The Balaban J connectivity index is 2.01. The molecule has 0 saturated carbocycles. The lowest BCUT2D eigenvalue weighted by atomic mass is 9.90. The number of nitriles is 1. The minimum absolute atomic E-state index is 0.403. The van der Waals surface area contributed by atoms with Crippen LogP contribution in [0.3, 0.4) is 0 Å². The van der Waals surface area contributed by atoms with Crippen molar-refractivity contribution in [2.45, 2.75) is 19.4 Å². The van der Waals surface area contributed by atoms with Gasteiger partial charge in [-0.05, 0) is 49.7 Å². The summed E-state index contributed by atoms with van der Waals surface area (Å²) in [5, 5.41) is 10.1. The third kappa shape index (κ3) is 2.47. The number of hydrogen-bond donors (Lipinski definition) is 1. The van der Waals surface area contributed by atoms with Gasteiger partial charge in [0, 0.05) is 29.8 Å². The summed E-state index contributed by atoms with van der Waals surface area (Å²) in [6.07, 6.45) is 1.89. The molecule has 0 spiro atoms. The molecule has 2 heterocycles. The van der Waals surface area contributed by atoms with Crippen LogP contribution in [0.2, 0.25) is 0 Å². The SMILES string of the molecule is COc1cc(C)c2[nH]ccc2c1C(C)(OC)c1nc2cc(C#N)ccc2o1. The van der Waals surface area contributed by atoms with Crippen LogP contribution in [0.1, 0.15) is 29.5 Å². The van der Waals surface area contributed by atoms with Crippen molar-refractivity contribution in [3.8, 4) is 11.8 Å². The number of aryl methyl sites for hydroxylation is 1. The maximum atomic E-state index is 9.12. The standard InChI is InChI=1S/C21H19N3O3/c1-12-9-17(25-3)18(14-7-8-23-19(12)14)21(2,26-4)20-24-15-10-13(11-22)5-6-16(15)27-20/h5-10,23H,1-4H3. The maximum absolute atomic E-state index is 9.12. The van der Waals surface area contributed by atoms with E-state index < -0.39 is 5.60 Å². The van der Waals surface area contributed by atoms with Crippen molar-refractivity contribution in [2.75, 3.05) is 14.2 Å². The predicted molar refractivity (Wildman–Crippen MR) is 102 cm³/mol. The average molecular weight is 361 g/mol. The third-order valence-electron chi connectivity index (χ3n) is 5.03. The molecule has 4 aromatic rings. The summed E-state index contributed by atoms with van der Waals surface area (Å²) in [7, 11) is 3.26. The molecule has 136 valence electrons. The molecule has 0 aliphatic heterocycles. The minimum Gasteiger partial charge on any atom is -0.496 e. The van der Waals surface area contributed by atoms with E-state index in [2.05, 4.69) is 16.0 Å². The van der Waals surface area contributed by atoms with E-state index >= 15 is 0 Å². The van der Waals surface area contributed by atoms with Gasteiger partial charge in [0.2, 0.25) is 5.89 Å². The molecule has 27 heavy (non-hydrogen) atoms. The van der Waals surface area contributed by atoms with E-state index in [1.807, 2.05) is 32.2 Å². The monoisotopic (exact) mass is 361 g/mol. The molecule has 0 aliphatic carbocycles. The van der Waals surface area contributed by atoms with E-state index in [0.717, 1.165) is 22.0 Å². The van der Waals surface area contributed by atoms with Gasteiger partial charge >= 0.3 is 0 Å². The summed E-state index contributed by atoms with van der Waals surface area (Å²) in [4.78, 5) is 7.89. The molecular weight excluding hydrogens is 342 g/mol. The molecule has 0 saturated heterocycles. The molecule has 6 nitrogen and oxygen atoms in total. The number of nitrogens with one attached hydrogen (secondary N) is 1. The molecule has 0 radical (unpaired) electrons. The van der Waals surface area contributed by atoms with Gasteiger partial charge in [-0.25, -0.2) is 4.98 Å². The zero-order valence-electron chi connectivity index (χ0n) is 15.6. The molecule has 1 unspecified atom stereocenters. The van der Waals surface area contributed by atoms with Gasteiger partial charge in [0.1, 0.15) is 11.3 Å². The van der Waals surface area contributed by atoms with E-state index in [1.165, 1.54) is 0 Å². The Bertz CT molecular complexity index is 1200. The summed E-state index contributed by atoms with van der Waals surface area (Å²) >= 11 is 0. The molecule has 2 aromatic carbocycles. The lowest BCUT2D eigenvalue weighted by Gasteiger charge is -2.28. The van der Waals surface area contributed by atoms with Crippen LogP contribution in [0.25, 0.3) is 22.0 Å². The molecule has 0 bridgehead atoms. The molecule has 4 rings (SSSR count). The van der Waals surface area contributed by atoms with Crippen LogP contribution in [0, 0.1) is 18.3 Å². The highest BCUT2D eigenvalue weighted by Crippen LogP contribution is 2.43. The minimum atomic E-state index is -0.981. The first kappa shape index (κ1) is 17.1. The van der Waals surface area contributed by atoms with Gasteiger partial charge < -0.3 is 18.9 Å². The molecule has 0 aliphatic rings. The number of ether oxygens (including phenoxy) is 2. The fourth-order valence-corrected chi connectivity index (χ4v) is 3.53. The van der Waals surface area contributed by atoms with Crippen molar-refractivity contribution in [1.29, 1.82) is 5.26 Å². The molecule has 2 aromatic heterocycles. The normalized spacial score (nSPS) is 13.6. The number of hydrogen-bond acceptors (Lipinski definition) is 5. The smallest absolute Gasteiger partial charge is 0.232 e. The highest BCUT2D eigenvalue weighted by Gasteiger charge is 2.39. The van der Waals surface area contributed by atoms with E-state index in [1.54, 1.807) is 32.4 Å². The van der Waals surface area contributed by atoms with Gasteiger partial charge in [-0.2, -0.15) is 5.26 Å². The van der Waals surface area contributed by atoms with Gasteiger partial charge in [0.05, 0.1) is 18.7 Å². The summed E-state index contributed by atoms with van der Waals surface area (Å²) in [6.45, 7) is 3.93. The second-order valence-electron chi connectivity index (χ2n) is 6.59. The van der Waals surface area contributed by atoms with Crippen LogP contribution in [0.4, 0.5) is 0 Å². The number of nitrogens with zero attached hydrogens (tertiary/aromatic N) is 2. The van der Waals surface area contributed by atoms with Crippen molar-refractivity contribution in [3.05, 3.63) is 59.1 Å². The highest BCUT2D eigenvalue weighted by atomic mass is 16.5. The predicted octanol–water partition coefficient (Wildman–Crippen LogP) is 4.41. The first-order chi connectivity index (χ1) is 13.0. The van der Waals surface area contributed by atoms with Crippen molar-refractivity contribution >= 4 is 22.0 Å². The number of methoxy groups -OCH3 is 2. The first-order valence-corrected chi connectivity index (χ1v) is 8.53. The Hall–Kier alpha value is -3.30. The van der Waals surface area contributed by atoms with Gasteiger partial charge in [-0.1, -0.05) is 0 Å². The van der Waals surface area contributed by atoms with Crippen LogP contribution in [-0.4, -0.2) is 24.2 Å². The zero-order valence-corrected chi connectivity index (χ0v) is 15.6. The number of benzene rings is 2. The van der Waals surface area contributed by atoms with E-state index in [0.29, 0.717) is 28.3 Å². The summed E-state index contributed by atoms with van der Waals surface area (Å²) in [6, 6.07) is 11.2. The Morgan fingerprint density at radius 2 is 2.04 bits per heavy atom. The van der Waals surface area contributed by atoms with Gasteiger partial charge in [-0.3, -0.25) is 0 Å². The van der Waals surface area contributed by atoms with E-state index in [-0.39, 0.29) is 0 Å². The summed E-state index contributed by atoms with van der Waals surface area (Å²) in [5.74, 6) is 1.10. The number of oxazole rings is 1. The Kier molecular flexibility index (Phi) is 3.90. The number of fused-ring (bicyclic) bond motifs is 2. The summed E-state index contributed by atoms with van der Waals surface area (Å²) in [5.41, 5.74) is 3.68. The first-order valence-electron chi connectivity index (χ1n) is 8.53. The lowest BCUT2D eigenvalue weighted by molar-refractivity contribution is 0.0165. The topological polar surface area (TPSA) is 84.1 Å². The van der Waals surface area contributed by atoms with Gasteiger partial charge in [0.15, 0.2) is 11.2 Å². The zero-order chi connectivity index (χ0) is 19.2. The molecule has 1 N–H and O–H groups in total. The Morgan fingerprint density at radius 3 is 2.74 bits per heavy atom. The highest BCUT2D eigenvalue weighted by molar-refractivity contribution is 5.89. The van der Waals surface area contributed by atoms with E-state index in [9.17, 15) is 0 Å². The largest absolute Gasteiger partial charge is 0.496 e. The summed E-state index contributed by atoms with van der Waals surface area (Å²) < 4.78 is 17.6. The molecule has 1 atom stereocenters. The maximum Gasteiger partial charge on any atom is 0.232 e. The number of H-pyrrole nitrogens is 1. The van der Waals surface area contributed by atoms with Crippen LogP contribution in [0.5, 0.6) is 5.75 Å². The second-order valence-corrected chi connectivity index (χ2v) is 6.59. The quantitative estimate of drug-likeness (QED) is 0.582. The van der Waals surface area contributed by atoms with Gasteiger partial charge in [0.25, 0.3) is 0 Å². The Labute approximate surface area is 156 Å². The third-order valence-corrected chi connectivity index (χ3v) is 5.03. The molecule has 0 amide bonds. The van der Waals surface area contributed by atoms with Crippen molar-refractivity contribution in [1.82, 2.24) is 9.97 Å². The fraction of sp³-hybridized carbons (Fsp3) is 0.238. The van der Waals surface area contributed by atoms with Crippen molar-refractivity contribution < 1.29 is 13.9 Å². The lowest BCUT2D eigenvalue weighted by Crippen LogP contribution is -2.27. The van der Waals surface area contributed by atoms with Crippen LogP contribution in [-0.2, 0) is 10.3 Å².